The Balaban J connectivity index is 1.54. The van der Waals surface area contributed by atoms with Crippen LogP contribution < -0.4 is 19.1 Å². The number of sulfonamides is 1. The van der Waals surface area contributed by atoms with Gasteiger partial charge in [-0.15, -0.1) is 0 Å². The van der Waals surface area contributed by atoms with Crippen molar-refractivity contribution in [2.24, 2.45) is 5.73 Å². The molecule has 0 saturated heterocycles. The first-order valence-corrected chi connectivity index (χ1v) is 12.7. The van der Waals surface area contributed by atoms with Crippen molar-refractivity contribution >= 4 is 15.7 Å². The fraction of sp³-hybridized carbons (Fsp3) is 0.192. The van der Waals surface area contributed by atoms with E-state index < -0.39 is 10.0 Å². The maximum Gasteiger partial charge on any atom is 0.306 e. The van der Waals surface area contributed by atoms with E-state index in [1.165, 1.54) is 0 Å². The largest absolute Gasteiger partial charge is 0.457 e. The molecule has 0 saturated carbocycles. The second-order valence-electron chi connectivity index (χ2n) is 7.91. The van der Waals surface area contributed by atoms with Crippen molar-refractivity contribution in [2.75, 3.05) is 18.8 Å². The maximum atomic E-state index is 13.3. The van der Waals surface area contributed by atoms with Crippen LogP contribution in [0.2, 0.25) is 0 Å². The molecule has 1 atom stereocenters. The summed E-state index contributed by atoms with van der Waals surface area (Å²) in [5.74, 6) is 2.48. The minimum Gasteiger partial charge on any atom is -0.457 e. The van der Waals surface area contributed by atoms with Crippen molar-refractivity contribution in [3.8, 4) is 23.1 Å². The molecule has 0 aliphatic carbocycles. The smallest absolute Gasteiger partial charge is 0.306 e. The number of pyridine rings is 1. The van der Waals surface area contributed by atoms with Gasteiger partial charge in [0.15, 0.2) is 5.69 Å². The van der Waals surface area contributed by atoms with Crippen LogP contribution in [0.4, 0.5) is 5.69 Å². The van der Waals surface area contributed by atoms with Gasteiger partial charge in [0, 0.05) is 36.5 Å². The highest BCUT2D eigenvalue weighted by Crippen LogP contribution is 2.35. The van der Waals surface area contributed by atoms with Crippen LogP contribution >= 0.6 is 0 Å². The van der Waals surface area contributed by atoms with Crippen molar-refractivity contribution in [3.05, 3.63) is 96.9 Å². The number of hydrogen-bond donors (Lipinski definition) is 1. The lowest BCUT2D eigenvalue weighted by Crippen LogP contribution is -2.52. The van der Waals surface area contributed by atoms with Crippen LogP contribution in [0.15, 0.2) is 96.9 Å². The topological polar surface area (TPSA) is 91.5 Å². The molecule has 34 heavy (non-hydrogen) atoms. The fourth-order valence-corrected chi connectivity index (χ4v) is 5.70. The van der Waals surface area contributed by atoms with Gasteiger partial charge in [-0.2, -0.15) is 12.3 Å². The summed E-state index contributed by atoms with van der Waals surface area (Å²) in [6.07, 6.45) is 7.72. The Labute approximate surface area is 200 Å². The van der Waals surface area contributed by atoms with Crippen molar-refractivity contribution in [1.82, 2.24) is 8.87 Å². The average Bonchev–Trinajstić information content (AvgIpc) is 2.86. The van der Waals surface area contributed by atoms with Gasteiger partial charge in [-0.3, -0.25) is 0 Å². The molecule has 1 aliphatic heterocycles. The zero-order valence-electron chi connectivity index (χ0n) is 19.0. The van der Waals surface area contributed by atoms with Gasteiger partial charge < -0.3 is 15.2 Å². The van der Waals surface area contributed by atoms with Gasteiger partial charge in [-0.25, -0.2) is 4.98 Å². The summed E-state index contributed by atoms with van der Waals surface area (Å²) < 4.78 is 38.0. The van der Waals surface area contributed by atoms with Gasteiger partial charge in [-0.05, 0) is 55.0 Å². The van der Waals surface area contributed by atoms with Gasteiger partial charge in [0.25, 0.3) is 0 Å². The third-order valence-corrected chi connectivity index (χ3v) is 7.85. The summed E-state index contributed by atoms with van der Waals surface area (Å²) in [6.45, 7) is 2.47. The maximum absolute atomic E-state index is 13.3. The highest BCUT2D eigenvalue weighted by atomic mass is 32.2. The average molecular weight is 479 g/mol. The number of quaternary nitrogens is 1. The van der Waals surface area contributed by atoms with Gasteiger partial charge in [-0.1, -0.05) is 19.1 Å². The second-order valence-corrected chi connectivity index (χ2v) is 10.1. The Morgan fingerprint density at radius 3 is 2.18 bits per heavy atom. The number of nitrogens with two attached hydrogens (primary N) is 1. The van der Waals surface area contributed by atoms with E-state index in [-0.39, 0.29) is 16.2 Å². The number of hydrogen-bond acceptors (Lipinski definition) is 6. The molecule has 0 fully saturated rings. The second kappa shape index (κ2) is 10.2. The Morgan fingerprint density at radius 1 is 0.941 bits per heavy atom. The molecule has 3 aromatic rings. The third-order valence-electron chi connectivity index (χ3n) is 5.47. The zero-order valence-corrected chi connectivity index (χ0v) is 19.8. The lowest BCUT2D eigenvalue weighted by Gasteiger charge is -2.34. The molecule has 2 N–H and O–H groups in total. The molecule has 4 rings (SSSR count). The molecule has 176 valence electrons. The minimum atomic E-state index is -3.50. The molecule has 1 aliphatic rings. The summed E-state index contributed by atoms with van der Waals surface area (Å²) >= 11 is 0. The minimum absolute atomic E-state index is 0.0837. The SMILES string of the molecule is CCCS(=O)(=O)[N+]1(c2ccc(Oc3ccc(Oc4ccccn4)cc3)cc2)C=C(CN)C=CC1. The number of rotatable bonds is 9. The van der Waals surface area contributed by atoms with Crippen molar-refractivity contribution in [3.63, 3.8) is 0 Å². The van der Waals surface area contributed by atoms with Crippen molar-refractivity contribution < 1.29 is 17.9 Å². The molecule has 0 amide bonds. The summed E-state index contributed by atoms with van der Waals surface area (Å²) in [7, 11) is -3.50. The molecular formula is C26H28N3O4S+. The van der Waals surface area contributed by atoms with Crippen LogP contribution in [0.1, 0.15) is 13.3 Å². The van der Waals surface area contributed by atoms with E-state index in [0.29, 0.717) is 41.8 Å². The van der Waals surface area contributed by atoms with Gasteiger partial charge in [0.1, 0.15) is 35.7 Å². The van der Waals surface area contributed by atoms with Crippen molar-refractivity contribution in [1.29, 1.82) is 0 Å². The van der Waals surface area contributed by atoms with Gasteiger partial charge >= 0.3 is 10.0 Å². The number of benzene rings is 2. The molecule has 0 spiro atoms. The number of ether oxygens (including phenoxy) is 2. The van der Waals surface area contributed by atoms with E-state index in [1.807, 2.05) is 31.2 Å². The molecule has 0 bridgehead atoms. The molecule has 2 aromatic carbocycles. The first kappa shape index (κ1) is 23.7. The van der Waals surface area contributed by atoms with Crippen LogP contribution in [0.25, 0.3) is 0 Å². The van der Waals surface area contributed by atoms with Crippen LogP contribution in [0.3, 0.4) is 0 Å². The van der Waals surface area contributed by atoms with E-state index in [2.05, 4.69) is 4.98 Å². The van der Waals surface area contributed by atoms with E-state index in [0.717, 1.165) is 5.57 Å². The Morgan fingerprint density at radius 2 is 1.59 bits per heavy atom. The molecule has 8 heteroatoms. The molecule has 7 nitrogen and oxygen atoms in total. The molecule has 1 aromatic heterocycles. The first-order chi connectivity index (χ1) is 16.5. The predicted octanol–water partition coefficient (Wildman–Crippen LogP) is 5.13. The fourth-order valence-electron chi connectivity index (χ4n) is 3.81. The summed E-state index contributed by atoms with van der Waals surface area (Å²) in [4.78, 5) is 4.14. The lowest BCUT2D eigenvalue weighted by atomic mass is 10.2. The highest BCUT2D eigenvalue weighted by Gasteiger charge is 2.42. The van der Waals surface area contributed by atoms with Gasteiger partial charge in [0.05, 0.1) is 0 Å². The first-order valence-electron chi connectivity index (χ1n) is 11.1. The summed E-state index contributed by atoms with van der Waals surface area (Å²) in [5.41, 5.74) is 7.27. The van der Waals surface area contributed by atoms with Crippen LogP contribution in [0.5, 0.6) is 23.1 Å². The van der Waals surface area contributed by atoms with E-state index in [4.69, 9.17) is 15.2 Å². The lowest BCUT2D eigenvalue weighted by molar-refractivity contribution is 0.456. The van der Waals surface area contributed by atoms with Crippen LogP contribution in [-0.2, 0) is 10.0 Å². The molecule has 2 heterocycles. The van der Waals surface area contributed by atoms with E-state index in [1.54, 1.807) is 67.0 Å². The predicted molar refractivity (Wildman–Crippen MR) is 134 cm³/mol. The summed E-state index contributed by atoms with van der Waals surface area (Å²) in [6, 6.07) is 19.8. The molecule has 1 unspecified atom stereocenters. The Kier molecular flexibility index (Phi) is 7.12. The van der Waals surface area contributed by atoms with E-state index >= 15 is 0 Å². The monoisotopic (exact) mass is 478 g/mol. The van der Waals surface area contributed by atoms with Gasteiger partial charge in [0.2, 0.25) is 5.88 Å². The normalized spacial score (nSPS) is 17.8. The summed E-state index contributed by atoms with van der Waals surface area (Å²) in [5, 5.41) is 0. The standard InChI is InChI=1S/C26H28N3O4S/c1-2-18-34(30,31)29(17-5-6-21(19-27)20-29)22-8-10-23(11-9-22)32-24-12-14-25(15-13-24)33-26-7-3-4-16-28-26/h3-16,20H,2,17-19,27H2,1H3/q+1. The van der Waals surface area contributed by atoms with E-state index in [9.17, 15) is 8.42 Å². The zero-order chi connectivity index (χ0) is 24.0. The third kappa shape index (κ3) is 5.04. The van der Waals surface area contributed by atoms with Crippen LogP contribution in [-0.4, -0.2) is 32.2 Å². The molecule has 0 radical (unpaired) electrons. The quantitative estimate of drug-likeness (QED) is 0.429. The Hall–Kier alpha value is -3.46. The Bertz CT molecular complexity index is 1270. The van der Waals surface area contributed by atoms with Crippen LogP contribution in [0, 0.1) is 0 Å². The van der Waals surface area contributed by atoms with Crippen molar-refractivity contribution in [2.45, 2.75) is 13.3 Å². The molecular weight excluding hydrogens is 450 g/mol. The highest BCUT2D eigenvalue weighted by molar-refractivity contribution is 7.91. The number of nitrogens with zero attached hydrogens (tertiary/aromatic N) is 2. The number of aromatic nitrogens is 1.